The number of β-lactam (4-membered cyclic amide) rings is 1. The summed E-state index contributed by atoms with van der Waals surface area (Å²) in [5, 5.41) is 23.5. The fourth-order valence-electron chi connectivity index (χ4n) is 2.77. The summed E-state index contributed by atoms with van der Waals surface area (Å²) < 4.78 is 0. The number of aliphatic carboxylic acids is 2. The first kappa shape index (κ1) is 21.8. The minimum absolute atomic E-state index is 0.0639. The van der Waals surface area contributed by atoms with Crippen LogP contribution in [0.2, 0.25) is 0 Å². The van der Waals surface area contributed by atoms with Crippen molar-refractivity contribution in [2.45, 2.75) is 43.0 Å². The molecule has 3 heterocycles. The van der Waals surface area contributed by atoms with Crippen molar-refractivity contribution < 1.29 is 34.2 Å². The van der Waals surface area contributed by atoms with Crippen LogP contribution >= 0.6 is 23.1 Å². The summed E-state index contributed by atoms with van der Waals surface area (Å²) in [7, 11) is 0. The van der Waals surface area contributed by atoms with Crippen LogP contribution in [0.15, 0.2) is 5.16 Å². The number of rotatable bonds is 7. The maximum absolute atomic E-state index is 12.9. The molecule has 3 atom stereocenters. The average Bonchev–Trinajstić information content (AvgIpc) is 3.20. The number of thiazole rings is 1. The highest BCUT2D eigenvalue weighted by Crippen LogP contribution is 2.40. The molecular weight excluding hydrogens is 438 g/mol. The molecule has 1 aromatic rings. The van der Waals surface area contributed by atoms with Gasteiger partial charge in [-0.25, -0.2) is 9.78 Å². The van der Waals surface area contributed by atoms with Gasteiger partial charge in [-0.15, -0.1) is 23.1 Å². The second-order valence-corrected chi connectivity index (χ2v) is 9.66. The average molecular weight is 457 g/mol. The van der Waals surface area contributed by atoms with Gasteiger partial charge in [0.2, 0.25) is 11.5 Å². The fraction of sp³-hybridized carbons (Fsp3) is 0.500. The van der Waals surface area contributed by atoms with Gasteiger partial charge in [0.15, 0.2) is 10.8 Å². The van der Waals surface area contributed by atoms with Gasteiger partial charge in [-0.1, -0.05) is 5.16 Å². The van der Waals surface area contributed by atoms with Crippen molar-refractivity contribution in [1.82, 2.24) is 15.2 Å². The van der Waals surface area contributed by atoms with Gasteiger partial charge in [0.05, 0.1) is 0 Å². The Morgan fingerprint density at radius 1 is 1.37 bits per heavy atom. The molecule has 162 valence electrons. The number of nitrogens with one attached hydrogen (secondary N) is 1. The van der Waals surface area contributed by atoms with Crippen LogP contribution in [0.25, 0.3) is 0 Å². The second-order valence-electron chi connectivity index (χ2n) is 7.10. The number of nitrogens with zero attached hydrogens (tertiary/aromatic N) is 3. The number of carbonyl (C=O) groups excluding carboxylic acids is 2. The minimum atomic E-state index is -1.72. The van der Waals surface area contributed by atoms with Crippen molar-refractivity contribution in [1.29, 1.82) is 0 Å². The van der Waals surface area contributed by atoms with E-state index in [0.717, 1.165) is 23.1 Å². The van der Waals surface area contributed by atoms with Crippen LogP contribution < -0.4 is 11.1 Å². The first-order chi connectivity index (χ1) is 13.9. The Morgan fingerprint density at radius 3 is 2.57 bits per heavy atom. The number of aromatic nitrogens is 1. The van der Waals surface area contributed by atoms with Gasteiger partial charge in [-0.05, 0) is 20.8 Å². The van der Waals surface area contributed by atoms with E-state index in [9.17, 15) is 24.3 Å². The van der Waals surface area contributed by atoms with E-state index in [1.807, 2.05) is 0 Å². The molecule has 0 spiro atoms. The van der Waals surface area contributed by atoms with Crippen molar-refractivity contribution in [3.8, 4) is 0 Å². The Labute approximate surface area is 178 Å². The van der Waals surface area contributed by atoms with Gasteiger partial charge in [0.1, 0.15) is 22.4 Å². The maximum atomic E-state index is 12.9. The number of aryl methyl sites for hydroxylation is 1. The number of carboxylic acid groups (broad SMARTS) is 2. The van der Waals surface area contributed by atoms with Gasteiger partial charge in [-0.2, -0.15) is 0 Å². The van der Waals surface area contributed by atoms with Crippen molar-refractivity contribution in [2.75, 3.05) is 12.3 Å². The van der Waals surface area contributed by atoms with Crippen molar-refractivity contribution in [2.24, 2.45) is 5.16 Å². The van der Waals surface area contributed by atoms with Crippen molar-refractivity contribution in [3.63, 3.8) is 0 Å². The normalized spacial score (nSPS) is 23.6. The van der Waals surface area contributed by atoms with Crippen LogP contribution in [0.5, 0.6) is 0 Å². The number of amides is 2. The zero-order valence-corrected chi connectivity index (χ0v) is 17.7. The fourth-order valence-corrected chi connectivity index (χ4v) is 4.83. The molecule has 30 heavy (non-hydrogen) atoms. The number of carbonyl (C=O) groups is 4. The number of fused-ring (bicyclic) bond motifs is 1. The molecule has 1 aromatic heterocycles. The van der Waals surface area contributed by atoms with E-state index in [2.05, 4.69) is 15.5 Å². The predicted molar refractivity (Wildman–Crippen MR) is 107 cm³/mol. The van der Waals surface area contributed by atoms with Gasteiger partial charge >= 0.3 is 11.9 Å². The summed E-state index contributed by atoms with van der Waals surface area (Å²) in [4.78, 5) is 58.7. The zero-order valence-electron chi connectivity index (χ0n) is 16.1. The van der Waals surface area contributed by atoms with Gasteiger partial charge in [0, 0.05) is 11.4 Å². The molecule has 0 bridgehead atoms. The van der Waals surface area contributed by atoms with E-state index >= 15 is 0 Å². The van der Waals surface area contributed by atoms with Crippen molar-refractivity contribution >= 4 is 57.7 Å². The highest BCUT2D eigenvalue weighted by atomic mass is 32.2. The monoisotopic (exact) mass is 457 g/mol. The quantitative estimate of drug-likeness (QED) is 0.236. The molecule has 1 unspecified atom stereocenters. The van der Waals surface area contributed by atoms with E-state index in [1.54, 1.807) is 6.92 Å². The summed E-state index contributed by atoms with van der Waals surface area (Å²) in [6, 6.07) is -0.944. The van der Waals surface area contributed by atoms with Crippen molar-refractivity contribution in [3.05, 3.63) is 10.6 Å². The highest BCUT2D eigenvalue weighted by molar-refractivity contribution is 8.01. The number of hydrogen-bond donors (Lipinski definition) is 4. The number of carboxylic acids is 2. The number of hydrogen-bond acceptors (Lipinski definition) is 10. The lowest BCUT2D eigenvalue weighted by Crippen LogP contribution is -2.67. The summed E-state index contributed by atoms with van der Waals surface area (Å²) >= 11 is 2.17. The molecule has 0 aliphatic carbocycles. The summed E-state index contributed by atoms with van der Waals surface area (Å²) in [5.41, 5.74) is 3.73. The molecule has 5 N–H and O–H groups in total. The Balaban J connectivity index is 1.83. The van der Waals surface area contributed by atoms with Crippen LogP contribution in [0, 0.1) is 6.92 Å². The van der Waals surface area contributed by atoms with Crippen LogP contribution in [0.1, 0.15) is 24.4 Å². The van der Waals surface area contributed by atoms with Crippen LogP contribution in [-0.2, 0) is 24.0 Å². The van der Waals surface area contributed by atoms with Crippen LogP contribution in [-0.4, -0.2) is 78.4 Å². The molecule has 14 heteroatoms. The molecule has 12 nitrogen and oxygen atoms in total. The van der Waals surface area contributed by atoms with Gasteiger partial charge < -0.3 is 31.0 Å². The van der Waals surface area contributed by atoms with E-state index in [0.29, 0.717) is 4.88 Å². The number of anilines is 1. The Bertz CT molecular complexity index is 960. The first-order valence-corrected chi connectivity index (χ1v) is 10.4. The molecule has 2 amide bonds. The topological polar surface area (TPSA) is 185 Å². The third kappa shape index (κ3) is 3.92. The third-order valence-corrected chi connectivity index (χ3v) is 6.79. The van der Waals surface area contributed by atoms with Gasteiger partial charge in [-0.3, -0.25) is 14.4 Å². The molecule has 0 aromatic carbocycles. The van der Waals surface area contributed by atoms with E-state index in [-0.39, 0.29) is 23.1 Å². The molecule has 2 saturated heterocycles. The molecule has 0 radical (unpaired) electrons. The standard InChI is InChI=1S/C16H19N5O7S2/c1-5-7(19-15(17)29-5)8(20-28-16(2,3)14(26)27)10(22)18-9-11(23)21-4-6(13(24)25)30-12(9)21/h6,9,12H,4H2,1-3H3,(H2,17,19)(H,18,22)(H,24,25)(H,26,27)/b20-8-/t6-,9-,12?/m1/s1. The molecular formula is C16H19N5O7S2. The Morgan fingerprint density at radius 2 is 2.03 bits per heavy atom. The first-order valence-electron chi connectivity index (χ1n) is 8.65. The SMILES string of the molecule is Cc1sc(N)nc1/C(=N/OC(C)(C)C(=O)O)C(=O)N[C@@H]1C(=O)N2C[C@H](C(=O)O)SC12. The number of nitrogen functional groups attached to an aromatic ring is 1. The summed E-state index contributed by atoms with van der Waals surface area (Å²) in [5.74, 6) is -3.56. The molecule has 2 aliphatic heterocycles. The minimum Gasteiger partial charge on any atom is -0.480 e. The number of oxime groups is 1. The van der Waals surface area contributed by atoms with Crippen LogP contribution in [0.4, 0.5) is 5.13 Å². The molecule has 0 saturated carbocycles. The number of nitrogens with two attached hydrogens (primary N) is 1. The van der Waals surface area contributed by atoms with E-state index in [1.165, 1.54) is 18.7 Å². The second kappa shape index (κ2) is 7.75. The zero-order chi connectivity index (χ0) is 22.4. The molecule has 2 aliphatic rings. The Kier molecular flexibility index (Phi) is 5.64. The van der Waals surface area contributed by atoms with E-state index < -0.39 is 46.0 Å². The lowest BCUT2D eigenvalue weighted by Gasteiger charge is -2.41. The smallest absolute Gasteiger partial charge is 0.350 e. The summed E-state index contributed by atoms with van der Waals surface area (Å²) in [6.45, 7) is 4.22. The Hall–Kier alpha value is -2.87. The molecule has 3 rings (SSSR count). The number of thioether (sulfide) groups is 1. The third-order valence-electron chi connectivity index (χ3n) is 4.50. The van der Waals surface area contributed by atoms with E-state index in [4.69, 9.17) is 15.7 Å². The lowest BCUT2D eigenvalue weighted by molar-refractivity contribution is -0.161. The summed E-state index contributed by atoms with van der Waals surface area (Å²) in [6.07, 6.45) is 0. The maximum Gasteiger partial charge on any atom is 0.350 e. The van der Waals surface area contributed by atoms with Crippen LogP contribution in [0.3, 0.4) is 0 Å². The lowest BCUT2D eigenvalue weighted by atomic mass is 10.1. The molecule has 2 fully saturated rings. The van der Waals surface area contributed by atoms with Gasteiger partial charge in [0.25, 0.3) is 5.91 Å². The highest BCUT2D eigenvalue weighted by Gasteiger charge is 2.56. The largest absolute Gasteiger partial charge is 0.480 e. The predicted octanol–water partition coefficient (Wildman–Crippen LogP) is -0.529.